The van der Waals surface area contributed by atoms with Gasteiger partial charge in [0.1, 0.15) is 0 Å². The Morgan fingerprint density at radius 1 is 0.438 bits per heavy atom. The lowest BCUT2D eigenvalue weighted by Gasteiger charge is -2.26. The Morgan fingerprint density at radius 3 is 0.969 bits per heavy atom. The second-order valence-electron chi connectivity index (χ2n) is 12.9. The highest BCUT2D eigenvalue weighted by molar-refractivity contribution is 4.68. The average molecular weight is 457 g/mol. The molecule has 0 aliphatic carbocycles. The van der Waals surface area contributed by atoms with E-state index in [4.69, 9.17) is 9.47 Å². The van der Waals surface area contributed by atoms with Gasteiger partial charge in [0.25, 0.3) is 0 Å². The van der Waals surface area contributed by atoms with Gasteiger partial charge in [0, 0.05) is 13.2 Å². The Balaban J connectivity index is 0. The molecular formula is C30H64O2. The molecule has 0 fully saturated rings. The Hall–Kier alpha value is -0.0800. The van der Waals surface area contributed by atoms with E-state index in [1.165, 1.54) is 25.7 Å². The average Bonchev–Trinajstić information content (AvgIpc) is 2.57. The molecule has 0 amide bonds. The highest BCUT2D eigenvalue weighted by atomic mass is 16.5. The van der Waals surface area contributed by atoms with E-state index in [1.54, 1.807) is 0 Å². The summed E-state index contributed by atoms with van der Waals surface area (Å²) in [6, 6.07) is 0. The summed E-state index contributed by atoms with van der Waals surface area (Å²) in [6.45, 7) is 33.7. The standard InChI is InChI=1S/C18H38O.C12H26O/c1-13(2)9-17(15(5)6)11-19-12-18(16(7)8)10-14(3)4;1-9(2)7-12(8-10(3)4)13-11(5)6/h13-18H,9-12H2,1-8H3;9-12H,7-8H2,1-6H3. The molecule has 0 saturated carbocycles. The van der Waals surface area contributed by atoms with E-state index in [-0.39, 0.29) is 0 Å². The highest BCUT2D eigenvalue weighted by Gasteiger charge is 2.19. The second-order valence-corrected chi connectivity index (χ2v) is 12.9. The van der Waals surface area contributed by atoms with Crippen LogP contribution in [0.3, 0.4) is 0 Å². The van der Waals surface area contributed by atoms with Crippen LogP contribution in [0.25, 0.3) is 0 Å². The Kier molecular flexibility index (Phi) is 20.5. The van der Waals surface area contributed by atoms with Gasteiger partial charge in [0.05, 0.1) is 12.2 Å². The van der Waals surface area contributed by atoms with Gasteiger partial charge in [-0.1, -0.05) is 83.1 Å². The maximum Gasteiger partial charge on any atom is 0.0583 e. The third-order valence-corrected chi connectivity index (χ3v) is 6.03. The van der Waals surface area contributed by atoms with E-state index >= 15 is 0 Å². The van der Waals surface area contributed by atoms with E-state index in [2.05, 4.69) is 96.9 Å². The summed E-state index contributed by atoms with van der Waals surface area (Å²) in [4.78, 5) is 0. The zero-order valence-corrected chi connectivity index (χ0v) is 24.8. The van der Waals surface area contributed by atoms with E-state index in [0.717, 1.165) is 48.7 Å². The molecule has 32 heavy (non-hydrogen) atoms. The van der Waals surface area contributed by atoms with Crippen LogP contribution in [0.2, 0.25) is 0 Å². The molecule has 0 radical (unpaired) electrons. The minimum Gasteiger partial charge on any atom is -0.381 e. The van der Waals surface area contributed by atoms with Gasteiger partial charge in [-0.05, 0) is 86.9 Å². The molecule has 0 heterocycles. The molecule has 0 aromatic carbocycles. The lowest BCUT2D eigenvalue weighted by atomic mass is 9.87. The molecule has 0 spiro atoms. The summed E-state index contributed by atoms with van der Waals surface area (Å²) in [5.41, 5.74) is 0. The number of hydrogen-bond acceptors (Lipinski definition) is 2. The van der Waals surface area contributed by atoms with Gasteiger partial charge < -0.3 is 9.47 Å². The van der Waals surface area contributed by atoms with Gasteiger partial charge in [-0.3, -0.25) is 0 Å². The quantitative estimate of drug-likeness (QED) is 0.230. The fourth-order valence-corrected chi connectivity index (χ4v) is 4.29. The van der Waals surface area contributed by atoms with Crippen molar-refractivity contribution in [2.45, 2.75) is 135 Å². The summed E-state index contributed by atoms with van der Waals surface area (Å²) in [5, 5.41) is 0. The molecule has 2 unspecified atom stereocenters. The van der Waals surface area contributed by atoms with Crippen LogP contribution >= 0.6 is 0 Å². The van der Waals surface area contributed by atoms with E-state index in [1.807, 2.05) is 0 Å². The molecule has 2 nitrogen and oxygen atoms in total. The van der Waals surface area contributed by atoms with Crippen molar-refractivity contribution < 1.29 is 9.47 Å². The first kappa shape index (κ1) is 34.1. The minimum absolute atomic E-state index is 0.363. The Labute approximate surface area is 205 Å². The fraction of sp³-hybridized carbons (Fsp3) is 1.00. The largest absolute Gasteiger partial charge is 0.381 e. The van der Waals surface area contributed by atoms with Crippen molar-refractivity contribution in [2.24, 2.45) is 47.3 Å². The van der Waals surface area contributed by atoms with Gasteiger partial charge in [-0.15, -0.1) is 0 Å². The molecule has 0 aliphatic rings. The molecule has 0 aromatic rings. The van der Waals surface area contributed by atoms with Gasteiger partial charge in [0.2, 0.25) is 0 Å². The van der Waals surface area contributed by atoms with Crippen molar-refractivity contribution in [3.05, 3.63) is 0 Å². The van der Waals surface area contributed by atoms with E-state index in [9.17, 15) is 0 Å². The summed E-state index contributed by atoms with van der Waals surface area (Å²) in [6.07, 6.45) is 5.78. The molecule has 0 rings (SSSR count). The topological polar surface area (TPSA) is 18.5 Å². The van der Waals surface area contributed by atoms with Crippen molar-refractivity contribution in [2.75, 3.05) is 13.2 Å². The van der Waals surface area contributed by atoms with Crippen LogP contribution in [0.1, 0.15) is 123 Å². The molecule has 0 bridgehead atoms. The third-order valence-electron chi connectivity index (χ3n) is 6.03. The lowest BCUT2D eigenvalue weighted by molar-refractivity contribution is -0.0140. The van der Waals surface area contributed by atoms with Crippen LogP contribution in [-0.2, 0) is 9.47 Å². The maximum absolute atomic E-state index is 6.08. The van der Waals surface area contributed by atoms with Gasteiger partial charge >= 0.3 is 0 Å². The van der Waals surface area contributed by atoms with Crippen LogP contribution in [0.5, 0.6) is 0 Å². The fourth-order valence-electron chi connectivity index (χ4n) is 4.29. The second kappa shape index (κ2) is 19.2. The SMILES string of the molecule is CC(C)CC(CC(C)C)OC(C)C.CC(C)CC(COCC(CC(C)C)C(C)C)C(C)C. The summed E-state index contributed by atoms with van der Waals surface area (Å²) in [7, 11) is 0. The molecular weight excluding hydrogens is 392 g/mol. The molecule has 2 atom stereocenters. The van der Waals surface area contributed by atoms with Gasteiger partial charge in [-0.2, -0.15) is 0 Å². The third kappa shape index (κ3) is 21.7. The number of hydrogen-bond donors (Lipinski definition) is 0. The molecule has 0 N–H and O–H groups in total. The van der Waals surface area contributed by atoms with Crippen LogP contribution in [-0.4, -0.2) is 25.4 Å². The van der Waals surface area contributed by atoms with Crippen LogP contribution in [0, 0.1) is 47.3 Å². The van der Waals surface area contributed by atoms with Crippen LogP contribution in [0.4, 0.5) is 0 Å². The monoisotopic (exact) mass is 456 g/mol. The smallest absolute Gasteiger partial charge is 0.0583 e. The zero-order valence-electron chi connectivity index (χ0n) is 24.8. The Morgan fingerprint density at radius 2 is 0.750 bits per heavy atom. The lowest BCUT2D eigenvalue weighted by Crippen LogP contribution is -2.23. The van der Waals surface area contributed by atoms with Gasteiger partial charge in [-0.25, -0.2) is 0 Å². The van der Waals surface area contributed by atoms with Crippen LogP contribution < -0.4 is 0 Å². The summed E-state index contributed by atoms with van der Waals surface area (Å²) >= 11 is 0. The molecule has 196 valence electrons. The van der Waals surface area contributed by atoms with Crippen molar-refractivity contribution in [1.82, 2.24) is 0 Å². The maximum atomic E-state index is 6.08. The van der Waals surface area contributed by atoms with Crippen molar-refractivity contribution in [3.63, 3.8) is 0 Å². The van der Waals surface area contributed by atoms with Crippen LogP contribution in [0.15, 0.2) is 0 Å². The van der Waals surface area contributed by atoms with Crippen molar-refractivity contribution in [1.29, 1.82) is 0 Å². The van der Waals surface area contributed by atoms with Gasteiger partial charge in [0.15, 0.2) is 0 Å². The first-order valence-electron chi connectivity index (χ1n) is 13.9. The minimum atomic E-state index is 0.363. The highest BCUT2D eigenvalue weighted by Crippen LogP contribution is 2.24. The molecule has 2 heteroatoms. The molecule has 0 aromatic heterocycles. The summed E-state index contributed by atoms with van der Waals surface area (Å²) in [5.74, 6) is 5.90. The van der Waals surface area contributed by atoms with E-state index < -0.39 is 0 Å². The van der Waals surface area contributed by atoms with Crippen molar-refractivity contribution >= 4 is 0 Å². The first-order valence-corrected chi connectivity index (χ1v) is 13.9. The van der Waals surface area contributed by atoms with E-state index in [0.29, 0.717) is 24.0 Å². The predicted octanol–water partition coefficient (Wildman–Crippen LogP) is 9.51. The zero-order chi connectivity index (χ0) is 25.4. The normalized spacial score (nSPS) is 14.4. The number of ether oxygens (including phenoxy) is 2. The predicted molar refractivity (Wildman–Crippen MR) is 145 cm³/mol. The molecule has 0 aliphatic heterocycles. The first-order chi connectivity index (χ1) is 14.6. The summed E-state index contributed by atoms with van der Waals surface area (Å²) < 4.78 is 12.0. The Bertz CT molecular complexity index is 350. The van der Waals surface area contributed by atoms with Crippen molar-refractivity contribution in [3.8, 4) is 0 Å². The number of rotatable bonds is 16. The molecule has 0 saturated heterocycles.